The number of rotatable bonds is 3. The van der Waals surface area contributed by atoms with Crippen molar-refractivity contribution in [3.8, 4) is 0 Å². The van der Waals surface area contributed by atoms with Crippen LogP contribution in [0.15, 0.2) is 0 Å². The second kappa shape index (κ2) is 5.75. The summed E-state index contributed by atoms with van der Waals surface area (Å²) in [5.41, 5.74) is 0. The van der Waals surface area contributed by atoms with E-state index in [1.165, 1.54) is 0 Å². The van der Waals surface area contributed by atoms with Gasteiger partial charge >= 0.3 is 6.18 Å². The number of aliphatic hydroxyl groups excluding tert-OH is 1. The highest BCUT2D eigenvalue weighted by molar-refractivity contribution is 4.89. The molecule has 0 bridgehead atoms. The highest BCUT2D eigenvalue weighted by Gasteiger charge is 2.47. The SMILES string of the molecule is OC(C1CCCN1CC1CCNCC1)C(F)(F)F. The molecule has 2 heterocycles. The Morgan fingerprint density at radius 2 is 1.89 bits per heavy atom. The first-order chi connectivity index (χ1) is 8.48. The normalized spacial score (nSPS) is 29.7. The van der Waals surface area contributed by atoms with Crippen LogP contribution in [0.1, 0.15) is 25.7 Å². The molecule has 2 rings (SSSR count). The number of alkyl halides is 3. The van der Waals surface area contributed by atoms with Gasteiger partial charge in [0.15, 0.2) is 6.10 Å². The molecule has 2 aliphatic rings. The van der Waals surface area contributed by atoms with Crippen LogP contribution in [0, 0.1) is 5.92 Å². The van der Waals surface area contributed by atoms with Crippen molar-refractivity contribution in [1.82, 2.24) is 10.2 Å². The Hall–Kier alpha value is -0.330. The average molecular weight is 266 g/mol. The molecule has 2 fully saturated rings. The lowest BCUT2D eigenvalue weighted by molar-refractivity contribution is -0.219. The molecule has 18 heavy (non-hydrogen) atoms. The van der Waals surface area contributed by atoms with E-state index in [4.69, 9.17) is 0 Å². The maximum absolute atomic E-state index is 12.6. The molecule has 2 N–H and O–H groups in total. The summed E-state index contributed by atoms with van der Waals surface area (Å²) in [6, 6.07) is -0.736. The topological polar surface area (TPSA) is 35.5 Å². The van der Waals surface area contributed by atoms with Crippen LogP contribution in [0.2, 0.25) is 0 Å². The zero-order valence-corrected chi connectivity index (χ0v) is 10.4. The minimum Gasteiger partial charge on any atom is -0.382 e. The molecule has 0 saturated carbocycles. The van der Waals surface area contributed by atoms with Gasteiger partial charge in [0.1, 0.15) is 0 Å². The lowest BCUT2D eigenvalue weighted by atomic mass is 9.96. The van der Waals surface area contributed by atoms with Gasteiger partial charge in [0, 0.05) is 12.6 Å². The van der Waals surface area contributed by atoms with Crippen LogP contribution in [0.5, 0.6) is 0 Å². The quantitative estimate of drug-likeness (QED) is 0.810. The average Bonchev–Trinajstić information content (AvgIpc) is 2.76. The predicted molar refractivity (Wildman–Crippen MR) is 62.3 cm³/mol. The van der Waals surface area contributed by atoms with E-state index in [0.717, 1.165) is 32.4 Å². The van der Waals surface area contributed by atoms with E-state index in [2.05, 4.69) is 5.32 Å². The molecule has 0 aromatic rings. The van der Waals surface area contributed by atoms with Crippen LogP contribution in [-0.4, -0.2) is 54.5 Å². The molecule has 2 aliphatic heterocycles. The smallest absolute Gasteiger partial charge is 0.382 e. The second-order valence-electron chi connectivity index (χ2n) is 5.38. The van der Waals surface area contributed by atoms with Gasteiger partial charge in [0.25, 0.3) is 0 Å². The monoisotopic (exact) mass is 266 g/mol. The third-order valence-corrected chi connectivity index (χ3v) is 4.07. The van der Waals surface area contributed by atoms with Gasteiger partial charge in [0.2, 0.25) is 0 Å². The van der Waals surface area contributed by atoms with Gasteiger partial charge in [-0.1, -0.05) is 0 Å². The number of nitrogens with zero attached hydrogens (tertiary/aromatic N) is 1. The molecule has 0 aliphatic carbocycles. The van der Waals surface area contributed by atoms with E-state index in [-0.39, 0.29) is 0 Å². The van der Waals surface area contributed by atoms with E-state index in [9.17, 15) is 18.3 Å². The molecule has 0 spiro atoms. The Bertz CT molecular complexity index is 267. The van der Waals surface area contributed by atoms with E-state index in [0.29, 0.717) is 25.4 Å². The van der Waals surface area contributed by atoms with Crippen molar-refractivity contribution in [2.45, 2.75) is 44.0 Å². The number of aliphatic hydroxyl groups is 1. The Morgan fingerprint density at radius 3 is 2.50 bits per heavy atom. The Labute approximate surface area is 105 Å². The van der Waals surface area contributed by atoms with Crippen molar-refractivity contribution in [3.63, 3.8) is 0 Å². The van der Waals surface area contributed by atoms with Crippen LogP contribution in [0.25, 0.3) is 0 Å². The van der Waals surface area contributed by atoms with Gasteiger partial charge < -0.3 is 10.4 Å². The number of likely N-dealkylation sites (tertiary alicyclic amines) is 1. The van der Waals surface area contributed by atoms with Crippen LogP contribution >= 0.6 is 0 Å². The molecule has 0 aromatic carbocycles. The van der Waals surface area contributed by atoms with Gasteiger partial charge in [-0.15, -0.1) is 0 Å². The number of nitrogens with one attached hydrogen (secondary N) is 1. The van der Waals surface area contributed by atoms with Crippen molar-refractivity contribution in [2.24, 2.45) is 5.92 Å². The fourth-order valence-electron chi connectivity index (χ4n) is 3.05. The van der Waals surface area contributed by atoms with Gasteiger partial charge in [-0.25, -0.2) is 0 Å². The van der Waals surface area contributed by atoms with Crippen molar-refractivity contribution >= 4 is 0 Å². The van der Waals surface area contributed by atoms with Crippen LogP contribution < -0.4 is 5.32 Å². The third kappa shape index (κ3) is 3.36. The lowest BCUT2D eigenvalue weighted by Crippen LogP contribution is -2.48. The van der Waals surface area contributed by atoms with Gasteiger partial charge in [-0.2, -0.15) is 13.2 Å². The fourth-order valence-corrected chi connectivity index (χ4v) is 3.05. The van der Waals surface area contributed by atoms with Crippen molar-refractivity contribution < 1.29 is 18.3 Å². The first-order valence-corrected chi connectivity index (χ1v) is 6.68. The summed E-state index contributed by atoms with van der Waals surface area (Å²) in [4.78, 5) is 1.84. The summed E-state index contributed by atoms with van der Waals surface area (Å²) < 4.78 is 37.7. The molecule has 2 saturated heterocycles. The molecule has 6 heteroatoms. The van der Waals surface area contributed by atoms with Gasteiger partial charge in [-0.3, -0.25) is 4.90 Å². The van der Waals surface area contributed by atoms with E-state index >= 15 is 0 Å². The second-order valence-corrected chi connectivity index (χ2v) is 5.38. The van der Waals surface area contributed by atoms with E-state index in [1.54, 1.807) is 0 Å². The number of halogens is 3. The van der Waals surface area contributed by atoms with Gasteiger partial charge in [0.05, 0.1) is 0 Å². The van der Waals surface area contributed by atoms with Crippen molar-refractivity contribution in [3.05, 3.63) is 0 Å². The van der Waals surface area contributed by atoms with E-state index < -0.39 is 18.3 Å². The van der Waals surface area contributed by atoms with E-state index in [1.807, 2.05) is 4.90 Å². The Morgan fingerprint density at radius 1 is 1.22 bits per heavy atom. The van der Waals surface area contributed by atoms with Gasteiger partial charge in [-0.05, 0) is 51.2 Å². The standard InChI is InChI=1S/C12H21F3N2O/c13-12(14,15)11(18)10-2-1-7-17(10)8-9-3-5-16-6-4-9/h9-11,16,18H,1-8H2. The Kier molecular flexibility index (Phi) is 4.50. The largest absolute Gasteiger partial charge is 0.415 e. The number of hydrogen-bond acceptors (Lipinski definition) is 3. The maximum Gasteiger partial charge on any atom is 0.415 e. The molecule has 106 valence electrons. The lowest BCUT2D eigenvalue weighted by Gasteiger charge is -2.33. The predicted octanol–water partition coefficient (Wildman–Crippen LogP) is 1.37. The summed E-state index contributed by atoms with van der Waals surface area (Å²) >= 11 is 0. The molecule has 3 nitrogen and oxygen atoms in total. The molecule has 2 unspecified atom stereocenters. The third-order valence-electron chi connectivity index (χ3n) is 4.07. The Balaban J connectivity index is 1.90. The van der Waals surface area contributed by atoms with Crippen LogP contribution in [-0.2, 0) is 0 Å². The first-order valence-electron chi connectivity index (χ1n) is 6.68. The molecular weight excluding hydrogens is 245 g/mol. The first kappa shape index (κ1) is 14.1. The zero-order valence-electron chi connectivity index (χ0n) is 10.4. The molecule has 2 atom stereocenters. The fraction of sp³-hybridized carbons (Fsp3) is 1.00. The molecule has 0 amide bonds. The maximum atomic E-state index is 12.6. The number of piperidine rings is 1. The van der Waals surface area contributed by atoms with Crippen LogP contribution in [0.4, 0.5) is 13.2 Å². The molecule has 0 radical (unpaired) electrons. The zero-order chi connectivity index (χ0) is 13.2. The minimum absolute atomic E-state index is 0.450. The highest BCUT2D eigenvalue weighted by atomic mass is 19.4. The minimum atomic E-state index is -4.50. The highest BCUT2D eigenvalue weighted by Crippen LogP contribution is 2.31. The van der Waals surface area contributed by atoms with Crippen molar-refractivity contribution in [1.29, 1.82) is 0 Å². The summed E-state index contributed by atoms with van der Waals surface area (Å²) in [6.07, 6.45) is -3.45. The summed E-state index contributed by atoms with van der Waals surface area (Å²) in [7, 11) is 0. The van der Waals surface area contributed by atoms with Crippen molar-refractivity contribution in [2.75, 3.05) is 26.2 Å². The summed E-state index contributed by atoms with van der Waals surface area (Å²) in [5.74, 6) is 0.465. The van der Waals surface area contributed by atoms with Crippen LogP contribution in [0.3, 0.4) is 0 Å². The molecular formula is C12H21F3N2O. The summed E-state index contributed by atoms with van der Waals surface area (Å²) in [6.45, 7) is 3.28. The summed E-state index contributed by atoms with van der Waals surface area (Å²) in [5, 5.41) is 12.7. The number of hydrogen-bond donors (Lipinski definition) is 2. The molecule has 0 aromatic heterocycles.